The van der Waals surface area contributed by atoms with Crippen LogP contribution in [-0.4, -0.2) is 62.9 Å². The number of amides is 1. The number of nitrogens with zero attached hydrogens (tertiary/aromatic N) is 1. The number of furan rings is 1. The first kappa shape index (κ1) is 20.0. The van der Waals surface area contributed by atoms with Gasteiger partial charge in [-0.2, -0.15) is 0 Å². The Balaban J connectivity index is 1.51. The standard InChI is InChI=1S/C22H30N2O5/c1-12(2)18-10-24-9-14(8-15(24)11-28-18)23-22(25)19-13(3)16-6-7-17(26-4)21(27-5)20(16)29-19/h6-7,12,14-15,18H,8-11H2,1-5H3,(H,23,25)/t14-,15-,18-/m0/s1. The van der Waals surface area contributed by atoms with Crippen LogP contribution in [0.1, 0.15) is 36.4 Å². The summed E-state index contributed by atoms with van der Waals surface area (Å²) in [4.78, 5) is 15.4. The van der Waals surface area contributed by atoms with Crippen LogP contribution in [-0.2, 0) is 4.74 Å². The fourth-order valence-electron chi connectivity index (χ4n) is 4.47. The van der Waals surface area contributed by atoms with Crippen molar-refractivity contribution in [3.8, 4) is 11.5 Å². The minimum absolute atomic E-state index is 0.0889. The number of hydrogen-bond donors (Lipinski definition) is 1. The smallest absolute Gasteiger partial charge is 0.287 e. The Morgan fingerprint density at radius 1 is 1.24 bits per heavy atom. The third-order valence-corrected chi connectivity index (χ3v) is 6.18. The summed E-state index contributed by atoms with van der Waals surface area (Å²) in [5.74, 6) is 1.71. The molecule has 7 heteroatoms. The van der Waals surface area contributed by atoms with Gasteiger partial charge >= 0.3 is 0 Å². The minimum atomic E-state index is -0.189. The molecule has 7 nitrogen and oxygen atoms in total. The van der Waals surface area contributed by atoms with E-state index in [1.54, 1.807) is 14.2 Å². The molecule has 1 amide bonds. The predicted molar refractivity (Wildman–Crippen MR) is 110 cm³/mol. The molecule has 0 unspecified atom stereocenters. The number of rotatable bonds is 5. The lowest BCUT2D eigenvalue weighted by atomic mass is 10.0. The Bertz CT molecular complexity index is 906. The number of methoxy groups -OCH3 is 2. The zero-order chi connectivity index (χ0) is 20.7. The van der Waals surface area contributed by atoms with E-state index in [-0.39, 0.29) is 18.1 Å². The predicted octanol–water partition coefficient (Wildman–Crippen LogP) is 2.99. The second kappa shape index (κ2) is 7.88. The monoisotopic (exact) mass is 402 g/mol. The van der Waals surface area contributed by atoms with Crippen LogP contribution < -0.4 is 14.8 Å². The van der Waals surface area contributed by atoms with Gasteiger partial charge in [0.05, 0.1) is 26.9 Å². The van der Waals surface area contributed by atoms with Crippen LogP contribution in [0.4, 0.5) is 0 Å². The van der Waals surface area contributed by atoms with Gasteiger partial charge in [-0.15, -0.1) is 0 Å². The van der Waals surface area contributed by atoms with Gasteiger partial charge in [0.1, 0.15) is 0 Å². The highest BCUT2D eigenvalue weighted by Crippen LogP contribution is 2.39. The van der Waals surface area contributed by atoms with E-state index in [1.807, 2.05) is 19.1 Å². The molecule has 2 aliphatic heterocycles. The maximum Gasteiger partial charge on any atom is 0.287 e. The van der Waals surface area contributed by atoms with Crippen molar-refractivity contribution in [2.24, 2.45) is 5.92 Å². The highest BCUT2D eigenvalue weighted by molar-refractivity contribution is 6.01. The average molecular weight is 402 g/mol. The van der Waals surface area contributed by atoms with Crippen molar-refractivity contribution in [2.45, 2.75) is 45.4 Å². The van der Waals surface area contributed by atoms with Crippen molar-refractivity contribution >= 4 is 16.9 Å². The van der Waals surface area contributed by atoms with E-state index in [0.29, 0.717) is 34.8 Å². The number of hydrogen-bond acceptors (Lipinski definition) is 6. The summed E-state index contributed by atoms with van der Waals surface area (Å²) in [7, 11) is 3.14. The molecule has 0 spiro atoms. The molecule has 1 N–H and O–H groups in total. The molecule has 1 aromatic heterocycles. The van der Waals surface area contributed by atoms with Crippen LogP contribution in [0, 0.1) is 12.8 Å². The van der Waals surface area contributed by atoms with E-state index in [9.17, 15) is 4.79 Å². The maximum absolute atomic E-state index is 13.0. The molecule has 0 radical (unpaired) electrons. The zero-order valence-corrected chi connectivity index (χ0v) is 17.8. The molecule has 2 aromatic rings. The highest BCUT2D eigenvalue weighted by Gasteiger charge is 2.39. The van der Waals surface area contributed by atoms with Crippen LogP contribution in [0.3, 0.4) is 0 Å². The number of carbonyl (C=O) groups is 1. The molecule has 29 heavy (non-hydrogen) atoms. The van der Waals surface area contributed by atoms with Crippen molar-refractivity contribution in [3.63, 3.8) is 0 Å². The lowest BCUT2D eigenvalue weighted by Crippen LogP contribution is -2.48. The summed E-state index contributed by atoms with van der Waals surface area (Å²) in [6.07, 6.45) is 1.16. The van der Waals surface area contributed by atoms with Gasteiger partial charge in [-0.1, -0.05) is 13.8 Å². The molecule has 1 aromatic carbocycles. The van der Waals surface area contributed by atoms with Gasteiger partial charge in [0.15, 0.2) is 17.1 Å². The van der Waals surface area contributed by atoms with Crippen LogP contribution in [0.5, 0.6) is 11.5 Å². The quantitative estimate of drug-likeness (QED) is 0.829. The lowest BCUT2D eigenvalue weighted by Gasteiger charge is -2.36. The van der Waals surface area contributed by atoms with Crippen LogP contribution >= 0.6 is 0 Å². The Morgan fingerprint density at radius 2 is 2.03 bits per heavy atom. The SMILES string of the molecule is COc1ccc2c(C)c(C(=O)N[C@H]3C[C@H]4CO[C@H](C(C)C)CN4C3)oc2c1OC. The summed E-state index contributed by atoms with van der Waals surface area (Å²) >= 11 is 0. The molecule has 2 aliphatic rings. The fraction of sp³-hybridized carbons (Fsp3) is 0.591. The fourth-order valence-corrected chi connectivity index (χ4v) is 4.47. The number of benzene rings is 1. The normalized spacial score (nSPS) is 24.7. The Hall–Kier alpha value is -2.25. The van der Waals surface area contributed by atoms with Crippen LogP contribution in [0.2, 0.25) is 0 Å². The molecule has 2 saturated heterocycles. The van der Waals surface area contributed by atoms with Crippen LogP contribution in [0.25, 0.3) is 11.0 Å². The number of morpholine rings is 1. The van der Waals surface area contributed by atoms with Crippen molar-refractivity contribution in [2.75, 3.05) is 33.9 Å². The molecular formula is C22H30N2O5. The number of nitrogens with one attached hydrogen (secondary N) is 1. The first-order valence-electron chi connectivity index (χ1n) is 10.2. The molecule has 0 bridgehead atoms. The lowest BCUT2D eigenvalue weighted by molar-refractivity contribution is -0.0683. The van der Waals surface area contributed by atoms with E-state index in [0.717, 1.165) is 37.1 Å². The molecular weight excluding hydrogens is 372 g/mol. The van der Waals surface area contributed by atoms with Gasteiger partial charge < -0.3 is 23.9 Å². The molecule has 158 valence electrons. The molecule has 3 heterocycles. The number of aryl methyl sites for hydroxylation is 1. The zero-order valence-electron chi connectivity index (χ0n) is 17.8. The Kier molecular flexibility index (Phi) is 5.44. The molecule has 0 saturated carbocycles. The number of ether oxygens (including phenoxy) is 3. The van der Waals surface area contributed by atoms with Gasteiger partial charge in [-0.05, 0) is 31.4 Å². The third-order valence-electron chi connectivity index (χ3n) is 6.18. The topological polar surface area (TPSA) is 73.2 Å². The van der Waals surface area contributed by atoms with Gasteiger partial charge in [0.25, 0.3) is 5.91 Å². The van der Waals surface area contributed by atoms with Crippen molar-refractivity contribution in [3.05, 3.63) is 23.5 Å². The Morgan fingerprint density at radius 3 is 2.72 bits per heavy atom. The van der Waals surface area contributed by atoms with Gasteiger partial charge in [0, 0.05) is 36.1 Å². The maximum atomic E-state index is 13.0. The van der Waals surface area contributed by atoms with Gasteiger partial charge in [-0.3, -0.25) is 9.69 Å². The molecule has 0 aliphatic carbocycles. The summed E-state index contributed by atoms with van der Waals surface area (Å²) in [6.45, 7) is 8.78. The second-order valence-electron chi connectivity index (χ2n) is 8.36. The summed E-state index contributed by atoms with van der Waals surface area (Å²) in [6, 6.07) is 4.18. The van der Waals surface area contributed by atoms with Crippen LogP contribution in [0.15, 0.2) is 16.5 Å². The third kappa shape index (κ3) is 3.57. The van der Waals surface area contributed by atoms with E-state index in [1.165, 1.54) is 0 Å². The number of carbonyl (C=O) groups excluding carboxylic acids is 1. The largest absolute Gasteiger partial charge is 0.493 e. The van der Waals surface area contributed by atoms with E-state index in [2.05, 4.69) is 24.1 Å². The molecule has 4 rings (SSSR count). The van der Waals surface area contributed by atoms with Gasteiger partial charge in [0.2, 0.25) is 5.75 Å². The highest BCUT2D eigenvalue weighted by atomic mass is 16.5. The van der Waals surface area contributed by atoms with Crippen molar-refractivity contribution in [1.82, 2.24) is 10.2 Å². The van der Waals surface area contributed by atoms with Gasteiger partial charge in [-0.25, -0.2) is 0 Å². The number of fused-ring (bicyclic) bond motifs is 2. The van der Waals surface area contributed by atoms with Crippen molar-refractivity contribution in [1.29, 1.82) is 0 Å². The summed E-state index contributed by atoms with van der Waals surface area (Å²) in [5.41, 5.74) is 1.34. The van der Waals surface area contributed by atoms with E-state index < -0.39 is 0 Å². The van der Waals surface area contributed by atoms with E-state index in [4.69, 9.17) is 18.6 Å². The van der Waals surface area contributed by atoms with E-state index >= 15 is 0 Å². The summed E-state index contributed by atoms with van der Waals surface area (Å²) in [5, 5.41) is 4.01. The summed E-state index contributed by atoms with van der Waals surface area (Å²) < 4.78 is 22.7. The first-order chi connectivity index (χ1) is 13.9. The van der Waals surface area contributed by atoms with Crippen molar-refractivity contribution < 1.29 is 23.4 Å². The molecule has 2 fully saturated rings. The second-order valence-corrected chi connectivity index (χ2v) is 8.36. The average Bonchev–Trinajstić information content (AvgIpc) is 3.26. The Labute approximate surface area is 171 Å². The first-order valence-corrected chi connectivity index (χ1v) is 10.2. The minimum Gasteiger partial charge on any atom is -0.493 e. The molecule has 3 atom stereocenters.